The summed E-state index contributed by atoms with van der Waals surface area (Å²) in [7, 11) is 0. The molecule has 0 amide bonds. The summed E-state index contributed by atoms with van der Waals surface area (Å²) >= 11 is 0. The van der Waals surface area contributed by atoms with E-state index in [1.165, 1.54) is 18.5 Å². The Bertz CT molecular complexity index is 942. The van der Waals surface area contributed by atoms with Gasteiger partial charge in [0.05, 0.1) is 24.5 Å². The first-order chi connectivity index (χ1) is 11.7. The van der Waals surface area contributed by atoms with Crippen LogP contribution in [0, 0.1) is 23.1 Å². The molecule has 2 aromatic heterocycles. The fourth-order valence-electron chi connectivity index (χ4n) is 2.66. The third kappa shape index (κ3) is 2.57. The van der Waals surface area contributed by atoms with Gasteiger partial charge in [-0.1, -0.05) is 6.07 Å². The summed E-state index contributed by atoms with van der Waals surface area (Å²) in [5, 5.41) is 16.4. The van der Waals surface area contributed by atoms with E-state index in [2.05, 4.69) is 15.4 Å². The fourth-order valence-corrected chi connectivity index (χ4v) is 2.66. The van der Waals surface area contributed by atoms with Crippen LogP contribution in [0.2, 0.25) is 0 Å². The van der Waals surface area contributed by atoms with E-state index < -0.39 is 5.82 Å². The molecule has 1 N–H and O–H groups in total. The molecule has 120 valence electrons. The Morgan fingerprint density at radius 2 is 2.21 bits per heavy atom. The second-order valence-electron chi connectivity index (χ2n) is 5.75. The summed E-state index contributed by atoms with van der Waals surface area (Å²) in [5.41, 5.74) is 2.93. The van der Waals surface area contributed by atoms with Crippen molar-refractivity contribution in [1.82, 2.24) is 14.6 Å². The van der Waals surface area contributed by atoms with Gasteiger partial charge in [0.1, 0.15) is 18.2 Å². The number of halogens is 1. The molecule has 3 aromatic rings. The number of hydrogen-bond acceptors (Lipinski definition) is 5. The van der Waals surface area contributed by atoms with Crippen LogP contribution in [0.4, 0.5) is 10.1 Å². The van der Waals surface area contributed by atoms with Crippen molar-refractivity contribution in [1.29, 1.82) is 5.26 Å². The Kier molecular flexibility index (Phi) is 3.59. The van der Waals surface area contributed by atoms with Gasteiger partial charge in [0.2, 0.25) is 0 Å². The Hall–Kier alpha value is -2.98. The fraction of sp³-hybridized carbons (Fsp3) is 0.235. The molecule has 0 bridgehead atoms. The first-order valence-electron chi connectivity index (χ1n) is 7.60. The van der Waals surface area contributed by atoms with Crippen molar-refractivity contribution < 1.29 is 9.13 Å². The van der Waals surface area contributed by atoms with Gasteiger partial charge in [-0.15, -0.1) is 0 Å². The highest BCUT2D eigenvalue weighted by atomic mass is 19.1. The predicted molar refractivity (Wildman–Crippen MR) is 85.9 cm³/mol. The maximum Gasteiger partial charge on any atom is 0.158 e. The summed E-state index contributed by atoms with van der Waals surface area (Å²) in [6.07, 6.45) is 1.46. The van der Waals surface area contributed by atoms with E-state index in [0.717, 1.165) is 25.4 Å². The quantitative estimate of drug-likeness (QED) is 0.798. The highest BCUT2D eigenvalue weighted by Crippen LogP contribution is 2.26. The predicted octanol–water partition coefficient (Wildman–Crippen LogP) is 2.47. The van der Waals surface area contributed by atoms with E-state index in [0.29, 0.717) is 22.8 Å². The van der Waals surface area contributed by atoms with Crippen LogP contribution in [-0.2, 0) is 4.74 Å². The topological polar surface area (TPSA) is 75.2 Å². The van der Waals surface area contributed by atoms with Gasteiger partial charge in [0, 0.05) is 29.8 Å². The van der Waals surface area contributed by atoms with Crippen molar-refractivity contribution in [3.63, 3.8) is 0 Å². The lowest BCUT2D eigenvalue weighted by Crippen LogP contribution is -2.33. The van der Waals surface area contributed by atoms with Crippen LogP contribution in [0.5, 0.6) is 0 Å². The van der Waals surface area contributed by atoms with Crippen molar-refractivity contribution in [2.75, 3.05) is 25.1 Å². The molecule has 1 fully saturated rings. The molecular weight excluding hydrogens is 309 g/mol. The van der Waals surface area contributed by atoms with Crippen LogP contribution in [0.1, 0.15) is 5.56 Å². The molecule has 0 spiro atoms. The SMILES string of the molecule is N#Cc1ccc(-c2cc(NCC3COC3)cc3ncnn23)cc1F. The highest BCUT2D eigenvalue weighted by molar-refractivity contribution is 5.70. The number of pyridine rings is 1. The third-order valence-corrected chi connectivity index (χ3v) is 4.07. The van der Waals surface area contributed by atoms with Crippen LogP contribution < -0.4 is 5.32 Å². The van der Waals surface area contributed by atoms with Crippen molar-refractivity contribution >= 4 is 11.3 Å². The average Bonchev–Trinajstić information content (AvgIpc) is 3.01. The Morgan fingerprint density at radius 3 is 2.92 bits per heavy atom. The van der Waals surface area contributed by atoms with E-state index >= 15 is 0 Å². The Balaban J connectivity index is 1.74. The van der Waals surface area contributed by atoms with Crippen molar-refractivity contribution in [2.24, 2.45) is 5.92 Å². The van der Waals surface area contributed by atoms with Crippen LogP contribution in [0.25, 0.3) is 16.9 Å². The first-order valence-corrected chi connectivity index (χ1v) is 7.60. The summed E-state index contributed by atoms with van der Waals surface area (Å²) < 4.78 is 20.8. The number of ether oxygens (including phenoxy) is 1. The van der Waals surface area contributed by atoms with Gasteiger partial charge < -0.3 is 10.1 Å². The van der Waals surface area contributed by atoms with Crippen molar-refractivity contribution in [2.45, 2.75) is 0 Å². The smallest absolute Gasteiger partial charge is 0.158 e. The largest absolute Gasteiger partial charge is 0.384 e. The molecule has 0 atom stereocenters. The molecule has 4 rings (SSSR count). The minimum Gasteiger partial charge on any atom is -0.384 e. The molecule has 0 saturated carbocycles. The van der Waals surface area contributed by atoms with Crippen LogP contribution in [0.15, 0.2) is 36.7 Å². The minimum atomic E-state index is -0.548. The second kappa shape index (κ2) is 5.91. The minimum absolute atomic E-state index is 0.0212. The number of anilines is 1. The molecule has 0 unspecified atom stereocenters. The van der Waals surface area contributed by atoms with Crippen LogP contribution >= 0.6 is 0 Å². The summed E-state index contributed by atoms with van der Waals surface area (Å²) in [4.78, 5) is 4.22. The zero-order chi connectivity index (χ0) is 16.5. The molecule has 1 aliphatic rings. The summed E-state index contributed by atoms with van der Waals surface area (Å²) in [5.74, 6) is -0.0388. The lowest BCUT2D eigenvalue weighted by atomic mass is 10.1. The van der Waals surface area contributed by atoms with Gasteiger partial charge in [-0.05, 0) is 18.2 Å². The number of aromatic nitrogens is 3. The zero-order valence-electron chi connectivity index (χ0n) is 12.7. The molecule has 6 nitrogen and oxygen atoms in total. The maximum absolute atomic E-state index is 14.0. The number of nitrogens with zero attached hydrogens (tertiary/aromatic N) is 4. The molecular formula is C17H14FN5O. The molecule has 0 radical (unpaired) electrons. The zero-order valence-corrected chi connectivity index (χ0v) is 12.7. The average molecular weight is 323 g/mol. The van der Waals surface area contributed by atoms with Gasteiger partial charge in [-0.2, -0.15) is 10.4 Å². The standard InChI is InChI=1S/C17H14FN5O/c18-15-3-12(1-2-13(15)6-19)16-4-14(20-7-11-8-24-9-11)5-17-21-10-22-23(16)17/h1-5,10-11,20H,7-9H2. The number of nitrogens with one attached hydrogen (secondary N) is 1. The monoisotopic (exact) mass is 323 g/mol. The number of rotatable bonds is 4. The number of hydrogen-bond donors (Lipinski definition) is 1. The first kappa shape index (κ1) is 14.6. The lowest BCUT2D eigenvalue weighted by molar-refractivity contribution is -0.0248. The molecule has 3 heterocycles. The van der Waals surface area contributed by atoms with E-state index in [1.54, 1.807) is 10.6 Å². The maximum atomic E-state index is 14.0. The number of nitriles is 1. The lowest BCUT2D eigenvalue weighted by Gasteiger charge is -2.26. The Morgan fingerprint density at radius 1 is 1.33 bits per heavy atom. The van der Waals surface area contributed by atoms with Crippen LogP contribution in [-0.4, -0.2) is 34.4 Å². The van der Waals surface area contributed by atoms with Gasteiger partial charge in [0.15, 0.2) is 5.65 Å². The van der Waals surface area contributed by atoms with Crippen LogP contribution in [0.3, 0.4) is 0 Å². The molecule has 1 aliphatic heterocycles. The highest BCUT2D eigenvalue weighted by Gasteiger charge is 2.18. The van der Waals surface area contributed by atoms with Gasteiger partial charge in [-0.25, -0.2) is 13.9 Å². The summed E-state index contributed by atoms with van der Waals surface area (Å²) in [6.45, 7) is 2.35. The molecule has 1 saturated heterocycles. The molecule has 1 aromatic carbocycles. The molecule has 0 aliphatic carbocycles. The van der Waals surface area contributed by atoms with E-state index in [1.807, 2.05) is 18.2 Å². The Labute approximate surface area is 137 Å². The van der Waals surface area contributed by atoms with E-state index in [-0.39, 0.29) is 5.56 Å². The van der Waals surface area contributed by atoms with Gasteiger partial charge in [-0.3, -0.25) is 0 Å². The molecule has 7 heteroatoms. The van der Waals surface area contributed by atoms with Crippen molar-refractivity contribution in [3.05, 3.63) is 48.0 Å². The normalized spacial score (nSPS) is 14.3. The van der Waals surface area contributed by atoms with E-state index in [9.17, 15) is 4.39 Å². The van der Waals surface area contributed by atoms with Gasteiger partial charge in [0.25, 0.3) is 0 Å². The number of fused-ring (bicyclic) bond motifs is 1. The second-order valence-corrected chi connectivity index (χ2v) is 5.75. The van der Waals surface area contributed by atoms with Gasteiger partial charge >= 0.3 is 0 Å². The molecule has 24 heavy (non-hydrogen) atoms. The summed E-state index contributed by atoms with van der Waals surface area (Å²) in [6, 6.07) is 10.2. The number of benzene rings is 1. The van der Waals surface area contributed by atoms with E-state index in [4.69, 9.17) is 10.00 Å². The van der Waals surface area contributed by atoms with Crippen molar-refractivity contribution in [3.8, 4) is 17.3 Å². The third-order valence-electron chi connectivity index (χ3n) is 4.07.